The highest BCUT2D eigenvalue weighted by Crippen LogP contribution is 2.55. The summed E-state index contributed by atoms with van der Waals surface area (Å²) in [7, 11) is 1.84. The Balaban J connectivity index is 1.70. The predicted molar refractivity (Wildman–Crippen MR) is 117 cm³/mol. The minimum Gasteiger partial charge on any atom is -0.324 e. The highest BCUT2D eigenvalue weighted by molar-refractivity contribution is 6.12. The molecule has 2 aliphatic heterocycles. The van der Waals surface area contributed by atoms with Crippen LogP contribution in [0.2, 0.25) is 0 Å². The molecule has 1 spiro atoms. The number of carbonyl (C=O) groups is 2. The van der Waals surface area contributed by atoms with E-state index in [0.29, 0.717) is 17.8 Å². The highest BCUT2D eigenvalue weighted by Gasteiger charge is 2.64. The van der Waals surface area contributed by atoms with Gasteiger partial charge in [0, 0.05) is 53.8 Å². The Hall–Kier alpha value is -3.91. The molecule has 0 aliphatic carbocycles. The average Bonchev–Trinajstić information content (AvgIpc) is 3.29. The van der Waals surface area contributed by atoms with Crippen LogP contribution in [0.15, 0.2) is 73.1 Å². The molecule has 2 aromatic carbocycles. The van der Waals surface area contributed by atoms with Gasteiger partial charge in [0.05, 0.1) is 10.8 Å². The van der Waals surface area contributed by atoms with Crippen LogP contribution in [-0.2, 0) is 10.3 Å². The van der Waals surface area contributed by atoms with Crippen molar-refractivity contribution in [2.75, 3.05) is 18.9 Å². The highest BCUT2D eigenvalue weighted by atomic mass is 16.6. The SMILES string of the molecule is CN1C[C@H](c2ccc([N+](=O)[O-])cc2)[C@@H](C(=O)c2cccnc2)[C@]12C(=O)Nc1ccccc12. The third-order valence-corrected chi connectivity index (χ3v) is 6.62. The summed E-state index contributed by atoms with van der Waals surface area (Å²) in [5.41, 5.74) is 1.46. The maximum absolute atomic E-state index is 13.9. The number of nitrogens with zero attached hydrogens (tertiary/aromatic N) is 3. The monoisotopic (exact) mass is 428 g/mol. The lowest BCUT2D eigenvalue weighted by Gasteiger charge is -2.35. The summed E-state index contributed by atoms with van der Waals surface area (Å²) in [6.45, 7) is 0.441. The molecule has 8 heteroatoms. The molecule has 3 heterocycles. The topological polar surface area (TPSA) is 105 Å². The standard InChI is InChI=1S/C24H20N4O4/c1-27-14-18(15-8-10-17(11-9-15)28(31)32)21(22(29)16-5-4-12-25-13-16)24(27)19-6-2-3-7-20(19)26-23(24)30/h2-13,18,21H,14H2,1H3,(H,26,30)/t18-,21+,24-/m1/s1. The summed E-state index contributed by atoms with van der Waals surface area (Å²) in [6.07, 6.45) is 3.11. The van der Waals surface area contributed by atoms with Gasteiger partial charge in [-0.05, 0) is 30.8 Å². The number of carbonyl (C=O) groups excluding carboxylic acids is 2. The van der Waals surface area contributed by atoms with Crippen molar-refractivity contribution < 1.29 is 14.5 Å². The van der Waals surface area contributed by atoms with Gasteiger partial charge in [0.25, 0.3) is 5.69 Å². The Kier molecular flexibility index (Phi) is 4.60. The maximum Gasteiger partial charge on any atom is 0.269 e. The van der Waals surface area contributed by atoms with Crippen LogP contribution in [0, 0.1) is 16.0 Å². The molecule has 0 bridgehead atoms. The van der Waals surface area contributed by atoms with Gasteiger partial charge >= 0.3 is 0 Å². The van der Waals surface area contributed by atoms with Crippen molar-refractivity contribution in [3.63, 3.8) is 0 Å². The summed E-state index contributed by atoms with van der Waals surface area (Å²) < 4.78 is 0. The van der Waals surface area contributed by atoms with Crippen LogP contribution in [0.3, 0.4) is 0 Å². The number of rotatable bonds is 4. The van der Waals surface area contributed by atoms with Crippen molar-refractivity contribution in [1.29, 1.82) is 0 Å². The third-order valence-electron chi connectivity index (χ3n) is 6.62. The number of pyridine rings is 1. The number of Topliss-reactive ketones (excluding diaryl/α,β-unsaturated/α-hetero) is 1. The van der Waals surface area contributed by atoms with E-state index in [4.69, 9.17) is 0 Å². The third kappa shape index (κ3) is 2.76. The summed E-state index contributed by atoms with van der Waals surface area (Å²) in [6, 6.07) is 17.1. The molecule has 2 aliphatic rings. The van der Waals surface area contributed by atoms with Crippen LogP contribution < -0.4 is 5.32 Å². The molecule has 0 unspecified atom stereocenters. The van der Waals surface area contributed by atoms with Gasteiger partial charge in [-0.3, -0.25) is 29.6 Å². The number of anilines is 1. The van der Waals surface area contributed by atoms with Crippen molar-refractivity contribution in [2.45, 2.75) is 11.5 Å². The number of non-ortho nitro benzene ring substituents is 1. The fraction of sp³-hybridized carbons (Fsp3) is 0.208. The number of likely N-dealkylation sites (N-methyl/N-ethyl adjacent to an activating group) is 1. The van der Waals surface area contributed by atoms with E-state index in [1.807, 2.05) is 36.2 Å². The second-order valence-electron chi connectivity index (χ2n) is 8.19. The second-order valence-corrected chi connectivity index (χ2v) is 8.19. The lowest BCUT2D eigenvalue weighted by molar-refractivity contribution is -0.384. The Morgan fingerprint density at radius 2 is 1.91 bits per heavy atom. The first-order chi connectivity index (χ1) is 15.4. The molecule has 1 fully saturated rings. The Morgan fingerprint density at radius 1 is 1.16 bits per heavy atom. The fourth-order valence-electron chi connectivity index (χ4n) is 5.23. The normalized spacial score (nSPS) is 24.3. The van der Waals surface area contributed by atoms with E-state index in [1.54, 1.807) is 30.5 Å². The van der Waals surface area contributed by atoms with Crippen LogP contribution in [-0.4, -0.2) is 40.1 Å². The predicted octanol–water partition coefficient (Wildman–Crippen LogP) is 3.37. The molecule has 3 aromatic rings. The van der Waals surface area contributed by atoms with Crippen LogP contribution in [0.4, 0.5) is 11.4 Å². The number of fused-ring (bicyclic) bond motifs is 2. The van der Waals surface area contributed by atoms with Gasteiger partial charge in [0.2, 0.25) is 5.91 Å². The molecule has 32 heavy (non-hydrogen) atoms. The number of amides is 1. The molecule has 1 aromatic heterocycles. The van der Waals surface area contributed by atoms with Crippen molar-refractivity contribution in [3.05, 3.63) is 99.9 Å². The Labute approximate surface area is 184 Å². The van der Waals surface area contributed by atoms with Gasteiger partial charge in [-0.15, -0.1) is 0 Å². The smallest absolute Gasteiger partial charge is 0.269 e. The largest absolute Gasteiger partial charge is 0.324 e. The number of hydrogen-bond acceptors (Lipinski definition) is 6. The number of nitro benzene ring substituents is 1. The number of ketones is 1. The lowest BCUT2D eigenvalue weighted by atomic mass is 9.70. The molecule has 3 atom stereocenters. The molecular formula is C24H20N4O4. The summed E-state index contributed by atoms with van der Waals surface area (Å²) in [4.78, 5) is 44.1. The number of para-hydroxylation sites is 1. The summed E-state index contributed by atoms with van der Waals surface area (Å²) in [5, 5.41) is 14.1. The van der Waals surface area contributed by atoms with Crippen LogP contribution >= 0.6 is 0 Å². The molecular weight excluding hydrogens is 408 g/mol. The second kappa shape index (κ2) is 7.35. The molecule has 0 radical (unpaired) electrons. The van der Waals surface area contributed by atoms with E-state index in [2.05, 4.69) is 10.3 Å². The zero-order valence-corrected chi connectivity index (χ0v) is 17.3. The van der Waals surface area contributed by atoms with Crippen LogP contribution in [0.25, 0.3) is 0 Å². The first-order valence-corrected chi connectivity index (χ1v) is 10.3. The number of aromatic nitrogens is 1. The number of nitro groups is 1. The van der Waals surface area contributed by atoms with E-state index >= 15 is 0 Å². The fourth-order valence-corrected chi connectivity index (χ4v) is 5.23. The summed E-state index contributed by atoms with van der Waals surface area (Å²) >= 11 is 0. The lowest BCUT2D eigenvalue weighted by Crippen LogP contribution is -2.51. The van der Waals surface area contributed by atoms with Gasteiger partial charge < -0.3 is 5.32 Å². The van der Waals surface area contributed by atoms with E-state index in [-0.39, 0.29) is 23.3 Å². The van der Waals surface area contributed by atoms with E-state index in [1.165, 1.54) is 18.3 Å². The van der Waals surface area contributed by atoms with Gasteiger partial charge in [-0.1, -0.05) is 30.3 Å². The number of benzene rings is 2. The average molecular weight is 428 g/mol. The molecule has 160 valence electrons. The van der Waals surface area contributed by atoms with Crippen LogP contribution in [0.1, 0.15) is 27.4 Å². The number of nitrogens with one attached hydrogen (secondary N) is 1. The quantitative estimate of drug-likeness (QED) is 0.388. The molecule has 8 nitrogen and oxygen atoms in total. The van der Waals surface area contributed by atoms with Gasteiger partial charge in [-0.2, -0.15) is 0 Å². The van der Waals surface area contributed by atoms with E-state index < -0.39 is 16.4 Å². The molecule has 5 rings (SSSR count). The minimum absolute atomic E-state index is 0.0195. The first-order valence-electron chi connectivity index (χ1n) is 10.3. The van der Waals surface area contributed by atoms with Crippen molar-refractivity contribution >= 4 is 23.1 Å². The van der Waals surface area contributed by atoms with Gasteiger partial charge in [0.1, 0.15) is 5.54 Å². The summed E-state index contributed by atoms with van der Waals surface area (Å²) in [5.74, 6) is -1.50. The number of likely N-dealkylation sites (tertiary alicyclic amines) is 1. The van der Waals surface area contributed by atoms with Crippen molar-refractivity contribution in [2.24, 2.45) is 5.92 Å². The van der Waals surface area contributed by atoms with E-state index in [0.717, 1.165) is 11.1 Å². The minimum atomic E-state index is -1.18. The zero-order chi connectivity index (χ0) is 22.5. The van der Waals surface area contributed by atoms with Gasteiger partial charge in [0.15, 0.2) is 5.78 Å². The zero-order valence-electron chi connectivity index (χ0n) is 17.3. The van der Waals surface area contributed by atoms with Gasteiger partial charge in [-0.25, -0.2) is 0 Å². The Morgan fingerprint density at radius 3 is 2.59 bits per heavy atom. The Bertz CT molecular complexity index is 1230. The van der Waals surface area contributed by atoms with Crippen molar-refractivity contribution in [1.82, 2.24) is 9.88 Å². The molecule has 1 N–H and O–H groups in total. The molecule has 0 saturated carbocycles. The first kappa shape index (κ1) is 20.0. The van der Waals surface area contributed by atoms with E-state index in [9.17, 15) is 19.7 Å². The van der Waals surface area contributed by atoms with Crippen molar-refractivity contribution in [3.8, 4) is 0 Å². The molecule has 1 amide bonds. The maximum atomic E-state index is 13.9. The molecule has 1 saturated heterocycles. The number of hydrogen-bond donors (Lipinski definition) is 1. The van der Waals surface area contributed by atoms with Crippen LogP contribution in [0.5, 0.6) is 0 Å².